The number of hydrogen-bond acceptors (Lipinski definition) is 5. The molecule has 0 aliphatic carbocycles. The van der Waals surface area contributed by atoms with Gasteiger partial charge >= 0.3 is 12.0 Å². The van der Waals surface area contributed by atoms with E-state index >= 15 is 0 Å². The van der Waals surface area contributed by atoms with E-state index in [0.29, 0.717) is 5.69 Å². The van der Waals surface area contributed by atoms with E-state index in [0.717, 1.165) is 12.0 Å². The number of urea groups is 1. The molecule has 1 saturated heterocycles. The lowest BCUT2D eigenvalue weighted by Gasteiger charge is -2.14. The van der Waals surface area contributed by atoms with Crippen LogP contribution in [0.4, 0.5) is 10.5 Å². The van der Waals surface area contributed by atoms with Gasteiger partial charge in [0.2, 0.25) is 0 Å². The molecular weight excluding hydrogens is 326 g/mol. The number of esters is 1. The van der Waals surface area contributed by atoms with E-state index in [4.69, 9.17) is 4.74 Å². The fraction of sp³-hybridized carbons (Fsp3) is 0.412. The van der Waals surface area contributed by atoms with Crippen molar-refractivity contribution in [2.75, 3.05) is 5.32 Å². The Morgan fingerprint density at radius 3 is 2.48 bits per heavy atom. The number of benzene rings is 1. The Kier molecular flexibility index (Phi) is 6.10. The summed E-state index contributed by atoms with van der Waals surface area (Å²) in [6, 6.07) is 6.06. The highest BCUT2D eigenvalue weighted by Gasteiger charge is 2.30. The van der Waals surface area contributed by atoms with Gasteiger partial charge in [-0.05, 0) is 37.5 Å². The molecule has 0 radical (unpaired) electrons. The van der Waals surface area contributed by atoms with Crippen LogP contribution in [-0.4, -0.2) is 36.0 Å². The normalized spacial score (nSPS) is 17.4. The zero-order valence-corrected chi connectivity index (χ0v) is 14.1. The summed E-state index contributed by atoms with van der Waals surface area (Å²) in [6.07, 6.45) is -0.0306. The zero-order valence-electron chi connectivity index (χ0n) is 14.1. The van der Waals surface area contributed by atoms with Crippen molar-refractivity contribution in [1.82, 2.24) is 10.6 Å². The van der Waals surface area contributed by atoms with Crippen LogP contribution in [0.15, 0.2) is 24.3 Å². The molecule has 8 heteroatoms. The Labute approximate surface area is 145 Å². The highest BCUT2D eigenvalue weighted by atomic mass is 16.5. The molecule has 0 unspecified atom stereocenters. The third-order valence-corrected chi connectivity index (χ3v) is 3.80. The molecule has 4 amide bonds. The van der Waals surface area contributed by atoms with E-state index in [1.165, 1.54) is 6.92 Å². The largest absolute Gasteiger partial charge is 0.453 e. The molecule has 0 spiro atoms. The van der Waals surface area contributed by atoms with Gasteiger partial charge in [0, 0.05) is 12.1 Å². The van der Waals surface area contributed by atoms with E-state index in [1.807, 2.05) is 19.1 Å². The summed E-state index contributed by atoms with van der Waals surface area (Å²) < 4.78 is 5.06. The third-order valence-electron chi connectivity index (χ3n) is 3.80. The maximum Gasteiger partial charge on any atom is 0.322 e. The minimum atomic E-state index is -0.967. The number of carbonyl (C=O) groups is 4. The van der Waals surface area contributed by atoms with Crippen molar-refractivity contribution >= 4 is 29.5 Å². The number of imide groups is 1. The number of amides is 4. The second-order valence-electron chi connectivity index (χ2n) is 5.73. The van der Waals surface area contributed by atoms with E-state index in [-0.39, 0.29) is 12.8 Å². The standard InChI is InChI=1S/C17H21N3O5/c1-3-11-4-6-12(7-5-11)18-15(22)10(2)25-14(21)9-8-13-16(23)20-17(24)19-13/h4-7,10,13H,3,8-9H2,1-2H3,(H,18,22)(H2,19,20,23,24)/t10-,13-/m0/s1. The van der Waals surface area contributed by atoms with E-state index in [1.54, 1.807) is 12.1 Å². The monoisotopic (exact) mass is 347 g/mol. The van der Waals surface area contributed by atoms with Crippen LogP contribution in [-0.2, 0) is 25.5 Å². The average molecular weight is 347 g/mol. The molecule has 3 N–H and O–H groups in total. The van der Waals surface area contributed by atoms with Crippen LogP contribution < -0.4 is 16.0 Å². The third kappa shape index (κ3) is 5.30. The summed E-state index contributed by atoms with van der Waals surface area (Å²) >= 11 is 0. The van der Waals surface area contributed by atoms with E-state index in [9.17, 15) is 19.2 Å². The first-order valence-electron chi connectivity index (χ1n) is 8.09. The molecule has 1 heterocycles. The highest BCUT2D eigenvalue weighted by Crippen LogP contribution is 2.11. The number of nitrogens with one attached hydrogen (secondary N) is 3. The van der Waals surface area contributed by atoms with Gasteiger partial charge in [0.1, 0.15) is 6.04 Å². The predicted molar refractivity (Wildman–Crippen MR) is 89.7 cm³/mol. The van der Waals surface area contributed by atoms with Crippen molar-refractivity contribution in [1.29, 1.82) is 0 Å². The van der Waals surface area contributed by atoms with Crippen LogP contribution in [0.25, 0.3) is 0 Å². The van der Waals surface area contributed by atoms with Crippen LogP contribution in [0.1, 0.15) is 32.3 Å². The molecule has 2 atom stereocenters. The van der Waals surface area contributed by atoms with Gasteiger partial charge in [-0.1, -0.05) is 19.1 Å². The lowest BCUT2D eigenvalue weighted by atomic mass is 10.1. The number of carbonyl (C=O) groups excluding carboxylic acids is 4. The second kappa shape index (κ2) is 8.27. The van der Waals surface area contributed by atoms with Gasteiger partial charge in [0.05, 0.1) is 0 Å². The van der Waals surface area contributed by atoms with Gasteiger partial charge < -0.3 is 15.4 Å². The van der Waals surface area contributed by atoms with Crippen molar-refractivity contribution in [3.63, 3.8) is 0 Å². The Morgan fingerprint density at radius 1 is 1.24 bits per heavy atom. The zero-order chi connectivity index (χ0) is 18.4. The number of anilines is 1. The lowest BCUT2D eigenvalue weighted by Crippen LogP contribution is -2.32. The average Bonchev–Trinajstić information content (AvgIpc) is 2.91. The Morgan fingerprint density at radius 2 is 1.92 bits per heavy atom. The van der Waals surface area contributed by atoms with Gasteiger partial charge in [-0.15, -0.1) is 0 Å². The summed E-state index contributed by atoms with van der Waals surface area (Å²) in [5, 5.41) is 7.14. The summed E-state index contributed by atoms with van der Waals surface area (Å²) in [5.41, 5.74) is 1.77. The quantitative estimate of drug-likeness (QED) is 0.505. The van der Waals surface area contributed by atoms with Crippen LogP contribution in [0.3, 0.4) is 0 Å². The van der Waals surface area contributed by atoms with Crippen LogP contribution in [0.5, 0.6) is 0 Å². The van der Waals surface area contributed by atoms with Crippen molar-refractivity contribution in [3.05, 3.63) is 29.8 Å². The van der Waals surface area contributed by atoms with Crippen molar-refractivity contribution in [2.45, 2.75) is 45.3 Å². The molecule has 25 heavy (non-hydrogen) atoms. The molecule has 1 aliphatic rings. The summed E-state index contributed by atoms with van der Waals surface area (Å²) in [5.74, 6) is -1.53. The molecule has 8 nitrogen and oxygen atoms in total. The number of aryl methyl sites for hydroxylation is 1. The summed E-state index contributed by atoms with van der Waals surface area (Å²) in [7, 11) is 0. The molecule has 0 aromatic heterocycles. The summed E-state index contributed by atoms with van der Waals surface area (Å²) in [4.78, 5) is 46.2. The SMILES string of the molecule is CCc1ccc(NC(=O)[C@H](C)OC(=O)CC[C@@H]2NC(=O)NC2=O)cc1. The molecule has 2 rings (SSSR count). The summed E-state index contributed by atoms with van der Waals surface area (Å²) in [6.45, 7) is 3.51. The fourth-order valence-electron chi connectivity index (χ4n) is 2.30. The molecule has 1 aliphatic heterocycles. The first-order valence-corrected chi connectivity index (χ1v) is 8.09. The van der Waals surface area contributed by atoms with Crippen LogP contribution in [0.2, 0.25) is 0 Å². The topological polar surface area (TPSA) is 114 Å². The number of ether oxygens (including phenoxy) is 1. The van der Waals surface area contributed by atoms with Crippen LogP contribution in [0, 0.1) is 0 Å². The first kappa shape index (κ1) is 18.4. The number of rotatable bonds is 7. The maximum absolute atomic E-state index is 12.0. The smallest absolute Gasteiger partial charge is 0.322 e. The van der Waals surface area contributed by atoms with Crippen molar-refractivity contribution in [3.8, 4) is 0 Å². The highest BCUT2D eigenvalue weighted by molar-refractivity contribution is 6.04. The molecule has 1 aromatic carbocycles. The maximum atomic E-state index is 12.0. The fourth-order valence-corrected chi connectivity index (χ4v) is 2.30. The molecule has 1 aromatic rings. The van der Waals surface area contributed by atoms with Crippen LogP contribution >= 0.6 is 0 Å². The minimum absolute atomic E-state index is 0.0822. The predicted octanol–water partition coefficient (Wildman–Crippen LogP) is 1.11. The molecule has 0 bridgehead atoms. The number of hydrogen-bond donors (Lipinski definition) is 3. The molecular formula is C17H21N3O5. The van der Waals surface area contributed by atoms with E-state index < -0.39 is 36.0 Å². The molecule has 134 valence electrons. The van der Waals surface area contributed by atoms with Gasteiger partial charge in [0.15, 0.2) is 6.10 Å². The van der Waals surface area contributed by atoms with Crippen molar-refractivity contribution in [2.24, 2.45) is 0 Å². The molecule has 0 saturated carbocycles. The Hall–Kier alpha value is -2.90. The second-order valence-corrected chi connectivity index (χ2v) is 5.73. The van der Waals surface area contributed by atoms with Gasteiger partial charge in [-0.25, -0.2) is 4.79 Å². The van der Waals surface area contributed by atoms with Gasteiger partial charge in [0.25, 0.3) is 11.8 Å². The molecule has 1 fully saturated rings. The minimum Gasteiger partial charge on any atom is -0.453 e. The van der Waals surface area contributed by atoms with Gasteiger partial charge in [-0.2, -0.15) is 0 Å². The Bertz CT molecular complexity index is 671. The van der Waals surface area contributed by atoms with E-state index in [2.05, 4.69) is 16.0 Å². The van der Waals surface area contributed by atoms with Gasteiger partial charge in [-0.3, -0.25) is 19.7 Å². The first-order chi connectivity index (χ1) is 11.9. The van der Waals surface area contributed by atoms with Crippen molar-refractivity contribution < 1.29 is 23.9 Å². The Balaban J connectivity index is 1.76. The lowest BCUT2D eigenvalue weighted by molar-refractivity contribution is -0.153.